The maximum absolute atomic E-state index is 12.7. The lowest BCUT2D eigenvalue weighted by Crippen LogP contribution is -2.13. The minimum atomic E-state index is -0.267. The van der Waals surface area contributed by atoms with E-state index in [1.807, 2.05) is 24.3 Å². The van der Waals surface area contributed by atoms with Gasteiger partial charge in [-0.05, 0) is 48.5 Å². The van der Waals surface area contributed by atoms with Crippen molar-refractivity contribution in [2.24, 2.45) is 0 Å². The molecule has 0 atom stereocenters. The molecule has 142 valence electrons. The van der Waals surface area contributed by atoms with Gasteiger partial charge in [0.2, 0.25) is 0 Å². The molecule has 0 bridgehead atoms. The molecule has 0 radical (unpaired) electrons. The number of anilines is 3. The minimum Gasteiger partial charge on any atom is -0.457 e. The van der Waals surface area contributed by atoms with Crippen molar-refractivity contribution in [1.29, 1.82) is 0 Å². The molecule has 0 aliphatic heterocycles. The molecule has 0 spiro atoms. The Hall–Kier alpha value is -4.26. The minimum absolute atomic E-state index is 0.267. The number of hydrogen-bond acceptors (Lipinski definition) is 6. The van der Waals surface area contributed by atoms with Crippen LogP contribution in [0.5, 0.6) is 11.5 Å². The van der Waals surface area contributed by atoms with E-state index >= 15 is 0 Å². The highest BCUT2D eigenvalue weighted by Gasteiger charge is 2.09. The fourth-order valence-electron chi connectivity index (χ4n) is 2.61. The maximum atomic E-state index is 12.7. The van der Waals surface area contributed by atoms with E-state index in [-0.39, 0.29) is 5.91 Å². The first-order valence-electron chi connectivity index (χ1n) is 8.89. The van der Waals surface area contributed by atoms with E-state index in [0.29, 0.717) is 22.9 Å². The van der Waals surface area contributed by atoms with Crippen molar-refractivity contribution in [3.63, 3.8) is 0 Å². The van der Waals surface area contributed by atoms with Gasteiger partial charge < -0.3 is 15.4 Å². The van der Waals surface area contributed by atoms with Gasteiger partial charge in [0.15, 0.2) is 0 Å². The number of nitrogens with zero attached hydrogens (tertiary/aromatic N) is 3. The summed E-state index contributed by atoms with van der Waals surface area (Å²) in [7, 11) is 0. The van der Waals surface area contributed by atoms with Gasteiger partial charge in [0, 0.05) is 54.0 Å². The summed E-state index contributed by atoms with van der Waals surface area (Å²) in [5.41, 5.74) is 2.19. The molecule has 0 aliphatic rings. The van der Waals surface area contributed by atoms with E-state index in [1.54, 1.807) is 67.4 Å². The van der Waals surface area contributed by atoms with Crippen LogP contribution in [0.3, 0.4) is 0 Å². The van der Waals surface area contributed by atoms with Crippen LogP contribution >= 0.6 is 0 Å². The smallest absolute Gasteiger partial charge is 0.256 e. The molecule has 3 heterocycles. The first-order valence-corrected chi connectivity index (χ1v) is 8.89. The van der Waals surface area contributed by atoms with Gasteiger partial charge in [-0.25, -0.2) is 4.98 Å². The van der Waals surface area contributed by atoms with Crippen molar-refractivity contribution in [1.82, 2.24) is 15.0 Å². The average Bonchev–Trinajstić information content (AvgIpc) is 2.76. The monoisotopic (exact) mass is 383 g/mol. The zero-order chi connectivity index (χ0) is 19.9. The van der Waals surface area contributed by atoms with Gasteiger partial charge in [-0.1, -0.05) is 6.07 Å². The van der Waals surface area contributed by atoms with Crippen molar-refractivity contribution < 1.29 is 9.53 Å². The summed E-state index contributed by atoms with van der Waals surface area (Å²) in [6.07, 6.45) is 8.27. The highest BCUT2D eigenvalue weighted by Crippen LogP contribution is 2.23. The summed E-state index contributed by atoms with van der Waals surface area (Å²) in [4.78, 5) is 24.8. The van der Waals surface area contributed by atoms with Crippen LogP contribution < -0.4 is 15.4 Å². The third-order valence-electron chi connectivity index (χ3n) is 3.95. The maximum Gasteiger partial charge on any atom is 0.256 e. The Kier molecular flexibility index (Phi) is 5.39. The van der Waals surface area contributed by atoms with Crippen LogP contribution in [0.15, 0.2) is 91.6 Å². The SMILES string of the molecule is O=C(Nc1cc(Oc2ccncc2)ccn1)c1cccc(Nc2ccncc2)c1. The van der Waals surface area contributed by atoms with Crippen molar-refractivity contribution in [2.45, 2.75) is 0 Å². The van der Waals surface area contributed by atoms with Crippen LogP contribution in [0.2, 0.25) is 0 Å². The second-order valence-electron chi connectivity index (χ2n) is 6.06. The van der Waals surface area contributed by atoms with Crippen molar-refractivity contribution in [3.8, 4) is 11.5 Å². The third-order valence-corrected chi connectivity index (χ3v) is 3.95. The van der Waals surface area contributed by atoms with Crippen LogP contribution in [0.1, 0.15) is 10.4 Å². The Morgan fingerprint density at radius 1 is 0.759 bits per heavy atom. The Bertz CT molecular complexity index is 1100. The molecular weight excluding hydrogens is 366 g/mol. The molecule has 4 aromatic rings. The van der Waals surface area contributed by atoms with Crippen molar-refractivity contribution in [2.75, 3.05) is 10.6 Å². The molecule has 7 heteroatoms. The van der Waals surface area contributed by atoms with E-state index in [4.69, 9.17) is 4.74 Å². The summed E-state index contributed by atoms with van der Waals surface area (Å²) >= 11 is 0. The molecule has 0 aliphatic carbocycles. The molecule has 1 aromatic carbocycles. The van der Waals surface area contributed by atoms with Gasteiger partial charge in [-0.2, -0.15) is 0 Å². The Morgan fingerprint density at radius 3 is 2.28 bits per heavy atom. The lowest BCUT2D eigenvalue weighted by molar-refractivity contribution is 0.102. The zero-order valence-corrected chi connectivity index (χ0v) is 15.3. The molecule has 7 nitrogen and oxygen atoms in total. The highest BCUT2D eigenvalue weighted by atomic mass is 16.5. The quantitative estimate of drug-likeness (QED) is 0.503. The lowest BCUT2D eigenvalue weighted by atomic mass is 10.2. The number of ether oxygens (including phenoxy) is 1. The molecule has 1 amide bonds. The fourth-order valence-corrected chi connectivity index (χ4v) is 2.61. The fraction of sp³-hybridized carbons (Fsp3) is 0. The summed E-state index contributed by atoms with van der Waals surface area (Å²) in [5.74, 6) is 1.35. The molecule has 29 heavy (non-hydrogen) atoms. The van der Waals surface area contributed by atoms with Crippen LogP contribution in [0, 0.1) is 0 Å². The Balaban J connectivity index is 1.45. The molecule has 0 unspecified atom stereocenters. The highest BCUT2D eigenvalue weighted by molar-refractivity contribution is 6.04. The van der Waals surface area contributed by atoms with E-state index < -0.39 is 0 Å². The number of benzene rings is 1. The number of carbonyl (C=O) groups is 1. The number of amides is 1. The normalized spacial score (nSPS) is 10.2. The second-order valence-corrected chi connectivity index (χ2v) is 6.06. The van der Waals surface area contributed by atoms with Crippen LogP contribution in [0.4, 0.5) is 17.2 Å². The Labute approximate surface area is 167 Å². The average molecular weight is 383 g/mol. The lowest BCUT2D eigenvalue weighted by Gasteiger charge is -2.10. The molecule has 0 fully saturated rings. The molecule has 4 rings (SSSR count). The molecule has 0 saturated carbocycles. The molecule has 2 N–H and O–H groups in total. The van der Waals surface area contributed by atoms with Gasteiger partial charge in [0.25, 0.3) is 5.91 Å². The largest absolute Gasteiger partial charge is 0.457 e. The first kappa shape index (κ1) is 18.1. The van der Waals surface area contributed by atoms with Crippen LogP contribution in [-0.2, 0) is 0 Å². The summed E-state index contributed by atoms with van der Waals surface area (Å²) < 4.78 is 5.75. The molecular formula is C22H17N5O2. The van der Waals surface area contributed by atoms with Gasteiger partial charge in [-0.15, -0.1) is 0 Å². The van der Waals surface area contributed by atoms with E-state index in [0.717, 1.165) is 11.4 Å². The van der Waals surface area contributed by atoms with Crippen LogP contribution in [-0.4, -0.2) is 20.9 Å². The van der Waals surface area contributed by atoms with E-state index in [1.165, 1.54) is 0 Å². The summed E-state index contributed by atoms with van der Waals surface area (Å²) in [6, 6.07) is 17.8. The number of pyridine rings is 3. The van der Waals surface area contributed by atoms with Gasteiger partial charge in [0.1, 0.15) is 17.3 Å². The van der Waals surface area contributed by atoms with E-state index in [2.05, 4.69) is 25.6 Å². The predicted molar refractivity (Wildman–Crippen MR) is 110 cm³/mol. The number of rotatable bonds is 6. The molecule has 0 saturated heterocycles. The van der Waals surface area contributed by atoms with Crippen molar-refractivity contribution in [3.05, 3.63) is 97.2 Å². The van der Waals surface area contributed by atoms with Gasteiger partial charge >= 0.3 is 0 Å². The summed E-state index contributed by atoms with van der Waals surface area (Å²) in [5, 5.41) is 6.03. The van der Waals surface area contributed by atoms with Crippen LogP contribution in [0.25, 0.3) is 0 Å². The third kappa shape index (κ3) is 4.92. The number of hydrogen-bond donors (Lipinski definition) is 2. The first-order chi connectivity index (χ1) is 14.3. The van der Waals surface area contributed by atoms with E-state index in [9.17, 15) is 4.79 Å². The number of carbonyl (C=O) groups excluding carboxylic acids is 1. The topological polar surface area (TPSA) is 89.0 Å². The van der Waals surface area contributed by atoms with Gasteiger partial charge in [-0.3, -0.25) is 14.8 Å². The number of aromatic nitrogens is 3. The van der Waals surface area contributed by atoms with Gasteiger partial charge in [0.05, 0.1) is 0 Å². The summed E-state index contributed by atoms with van der Waals surface area (Å²) in [6.45, 7) is 0. The Morgan fingerprint density at radius 2 is 1.48 bits per heavy atom. The zero-order valence-electron chi connectivity index (χ0n) is 15.3. The standard InChI is InChI=1S/C22H17N5O2/c28-22(16-2-1-3-18(14-16)26-17-4-9-23-10-5-17)27-21-15-20(8-13-25-21)29-19-6-11-24-12-7-19/h1-15H,(H,23,26)(H,25,27,28). The molecule has 3 aromatic heterocycles. The van der Waals surface area contributed by atoms with Crippen molar-refractivity contribution >= 4 is 23.1 Å². The second kappa shape index (κ2) is 8.62. The predicted octanol–water partition coefficient (Wildman–Crippen LogP) is 4.66. The number of nitrogens with one attached hydrogen (secondary N) is 2.